The zero-order chi connectivity index (χ0) is 19.7. The third kappa shape index (κ3) is 3.50. The molecule has 6 heteroatoms. The number of hydrogen-bond donors (Lipinski definition) is 0. The maximum Gasteiger partial charge on any atom is 0.219 e. The minimum atomic E-state index is 0.119. The first kappa shape index (κ1) is 18.2. The summed E-state index contributed by atoms with van der Waals surface area (Å²) in [5.41, 5.74) is 6.95. The monoisotopic (exact) mass is 375 g/mol. The lowest BCUT2D eigenvalue weighted by atomic mass is 9.99. The van der Waals surface area contributed by atoms with Gasteiger partial charge in [0.1, 0.15) is 0 Å². The number of aryl methyl sites for hydroxylation is 1. The molecule has 0 spiro atoms. The van der Waals surface area contributed by atoms with Crippen LogP contribution in [0.5, 0.6) is 0 Å². The lowest BCUT2D eigenvalue weighted by Crippen LogP contribution is -2.34. The summed E-state index contributed by atoms with van der Waals surface area (Å²) in [5, 5.41) is 9.09. The van der Waals surface area contributed by atoms with Crippen molar-refractivity contribution < 1.29 is 4.79 Å². The number of aromatic nitrogens is 4. The average molecular weight is 375 g/mol. The van der Waals surface area contributed by atoms with Crippen LogP contribution in [-0.4, -0.2) is 36.9 Å². The molecule has 0 saturated carbocycles. The zero-order valence-electron chi connectivity index (χ0n) is 16.4. The van der Waals surface area contributed by atoms with Gasteiger partial charge in [0.05, 0.1) is 18.4 Å². The highest BCUT2D eigenvalue weighted by molar-refractivity contribution is 5.73. The first-order valence-corrected chi connectivity index (χ1v) is 9.57. The third-order valence-electron chi connectivity index (χ3n) is 5.33. The number of nitrogens with zero attached hydrogens (tertiary/aromatic N) is 5. The Balaban J connectivity index is 1.60. The summed E-state index contributed by atoms with van der Waals surface area (Å²) in [6.45, 7) is 7.58. The molecular formula is C22H25N5O. The molecule has 3 heterocycles. The molecule has 28 heavy (non-hydrogen) atoms. The predicted octanol–water partition coefficient (Wildman–Crippen LogP) is 2.97. The minimum Gasteiger partial charge on any atom is -0.338 e. The van der Waals surface area contributed by atoms with Gasteiger partial charge in [-0.15, -0.1) is 6.58 Å². The van der Waals surface area contributed by atoms with Gasteiger partial charge in [0.25, 0.3) is 0 Å². The van der Waals surface area contributed by atoms with E-state index in [9.17, 15) is 4.79 Å². The number of benzene rings is 1. The van der Waals surface area contributed by atoms with Gasteiger partial charge in [0.15, 0.2) is 0 Å². The number of allylic oxidation sites excluding steroid dienone is 1. The summed E-state index contributed by atoms with van der Waals surface area (Å²) in [6, 6.07) is 8.54. The van der Waals surface area contributed by atoms with Crippen molar-refractivity contribution in [1.82, 2.24) is 24.5 Å². The highest BCUT2D eigenvalue weighted by atomic mass is 16.2. The molecule has 1 aromatic carbocycles. The third-order valence-corrected chi connectivity index (χ3v) is 5.33. The van der Waals surface area contributed by atoms with E-state index in [4.69, 9.17) is 5.10 Å². The summed E-state index contributed by atoms with van der Waals surface area (Å²) >= 11 is 0. The molecule has 1 aliphatic heterocycles. The summed E-state index contributed by atoms with van der Waals surface area (Å²) < 4.78 is 3.85. The van der Waals surface area contributed by atoms with Crippen LogP contribution < -0.4 is 0 Å². The molecule has 1 aliphatic rings. The van der Waals surface area contributed by atoms with Crippen molar-refractivity contribution in [3.63, 3.8) is 0 Å². The number of amides is 1. The van der Waals surface area contributed by atoms with Crippen LogP contribution in [0.15, 0.2) is 49.3 Å². The SMILES string of the molecule is C=CCn1nc(Cc2ccc(-c3cnn(C)c3)cc2)c2c1CCN(C(C)=O)C2. The van der Waals surface area contributed by atoms with Gasteiger partial charge in [0.2, 0.25) is 5.91 Å². The molecule has 2 aromatic heterocycles. The van der Waals surface area contributed by atoms with E-state index in [1.54, 1.807) is 6.92 Å². The maximum absolute atomic E-state index is 11.9. The molecule has 0 atom stereocenters. The van der Waals surface area contributed by atoms with Gasteiger partial charge >= 0.3 is 0 Å². The van der Waals surface area contributed by atoms with E-state index in [1.165, 1.54) is 16.8 Å². The maximum atomic E-state index is 11.9. The molecule has 0 saturated heterocycles. The van der Waals surface area contributed by atoms with E-state index in [2.05, 4.69) is 35.9 Å². The van der Waals surface area contributed by atoms with Crippen molar-refractivity contribution >= 4 is 5.91 Å². The predicted molar refractivity (Wildman–Crippen MR) is 109 cm³/mol. The second-order valence-corrected chi connectivity index (χ2v) is 7.31. The molecule has 0 bridgehead atoms. The molecule has 3 aromatic rings. The largest absolute Gasteiger partial charge is 0.338 e. The van der Waals surface area contributed by atoms with Crippen molar-refractivity contribution in [3.8, 4) is 11.1 Å². The second kappa shape index (κ2) is 7.46. The van der Waals surface area contributed by atoms with Gasteiger partial charge < -0.3 is 4.90 Å². The van der Waals surface area contributed by atoms with E-state index in [0.29, 0.717) is 13.1 Å². The number of fused-ring (bicyclic) bond motifs is 1. The van der Waals surface area contributed by atoms with Crippen molar-refractivity contribution in [2.24, 2.45) is 7.05 Å². The molecular weight excluding hydrogens is 350 g/mol. The van der Waals surface area contributed by atoms with Crippen LogP contribution in [0.25, 0.3) is 11.1 Å². The molecule has 144 valence electrons. The lowest BCUT2D eigenvalue weighted by molar-refractivity contribution is -0.129. The first-order valence-electron chi connectivity index (χ1n) is 9.57. The van der Waals surface area contributed by atoms with Crippen LogP contribution in [0.1, 0.15) is 29.4 Å². The standard InChI is InChI=1S/C22H25N5O/c1-4-10-27-22-9-11-26(16(2)28)15-20(22)21(24-27)12-17-5-7-18(8-6-17)19-13-23-25(3)14-19/h4-8,13-14H,1,9-12,15H2,2-3H3. The number of carbonyl (C=O) groups is 1. The van der Waals surface area contributed by atoms with Gasteiger partial charge in [0, 0.05) is 62.9 Å². The summed E-state index contributed by atoms with van der Waals surface area (Å²) in [7, 11) is 1.92. The normalized spacial score (nSPS) is 13.4. The Labute approximate surface area is 165 Å². The average Bonchev–Trinajstić information content (AvgIpc) is 3.27. The van der Waals surface area contributed by atoms with Crippen molar-refractivity contribution in [2.75, 3.05) is 6.54 Å². The second-order valence-electron chi connectivity index (χ2n) is 7.31. The van der Waals surface area contributed by atoms with Gasteiger partial charge in [-0.2, -0.15) is 10.2 Å². The fraction of sp³-hybridized carbons (Fsp3) is 0.318. The fourth-order valence-corrected chi connectivity index (χ4v) is 3.82. The van der Waals surface area contributed by atoms with Gasteiger partial charge in [-0.05, 0) is 11.1 Å². The number of carbonyl (C=O) groups excluding carboxylic acids is 1. The molecule has 0 N–H and O–H groups in total. The quantitative estimate of drug-likeness (QED) is 0.644. The number of hydrogen-bond acceptors (Lipinski definition) is 3. The molecule has 0 aliphatic carbocycles. The van der Waals surface area contributed by atoms with Crippen molar-refractivity contribution in [3.05, 3.63) is 71.8 Å². The van der Waals surface area contributed by atoms with Gasteiger partial charge in [-0.1, -0.05) is 30.3 Å². The van der Waals surface area contributed by atoms with E-state index < -0.39 is 0 Å². The topological polar surface area (TPSA) is 56.0 Å². The van der Waals surface area contributed by atoms with Crippen molar-refractivity contribution in [2.45, 2.75) is 32.9 Å². The highest BCUT2D eigenvalue weighted by Gasteiger charge is 2.25. The van der Waals surface area contributed by atoms with Crippen LogP contribution in [0.3, 0.4) is 0 Å². The minimum absolute atomic E-state index is 0.119. The van der Waals surface area contributed by atoms with Crippen molar-refractivity contribution in [1.29, 1.82) is 0 Å². The first-order chi connectivity index (χ1) is 13.5. The summed E-state index contributed by atoms with van der Waals surface area (Å²) in [5.74, 6) is 0.119. The summed E-state index contributed by atoms with van der Waals surface area (Å²) in [4.78, 5) is 13.8. The lowest BCUT2D eigenvalue weighted by Gasteiger charge is -2.26. The molecule has 4 rings (SSSR count). The Morgan fingerprint density at radius 3 is 2.68 bits per heavy atom. The fourth-order valence-electron chi connectivity index (χ4n) is 3.82. The Hall–Kier alpha value is -3.15. The Bertz CT molecular complexity index is 1010. The Morgan fingerprint density at radius 2 is 2.04 bits per heavy atom. The van der Waals surface area contributed by atoms with Gasteiger partial charge in [-0.3, -0.25) is 14.2 Å². The molecule has 6 nitrogen and oxygen atoms in total. The van der Waals surface area contributed by atoms with E-state index in [1.807, 2.05) is 39.8 Å². The van der Waals surface area contributed by atoms with Crippen LogP contribution in [-0.2, 0) is 37.8 Å². The molecule has 0 radical (unpaired) electrons. The Kier molecular flexibility index (Phi) is 4.86. The number of rotatable bonds is 5. The van der Waals surface area contributed by atoms with Crippen LogP contribution in [0.4, 0.5) is 0 Å². The summed E-state index contributed by atoms with van der Waals surface area (Å²) in [6.07, 6.45) is 7.36. The van der Waals surface area contributed by atoms with Crippen LogP contribution in [0, 0.1) is 0 Å². The molecule has 1 amide bonds. The van der Waals surface area contributed by atoms with E-state index in [-0.39, 0.29) is 5.91 Å². The highest BCUT2D eigenvalue weighted by Crippen LogP contribution is 2.26. The van der Waals surface area contributed by atoms with Crippen LogP contribution in [0.2, 0.25) is 0 Å². The van der Waals surface area contributed by atoms with E-state index in [0.717, 1.165) is 36.2 Å². The van der Waals surface area contributed by atoms with E-state index >= 15 is 0 Å². The smallest absolute Gasteiger partial charge is 0.219 e. The Morgan fingerprint density at radius 1 is 1.25 bits per heavy atom. The van der Waals surface area contributed by atoms with Gasteiger partial charge in [-0.25, -0.2) is 0 Å². The molecule has 0 fully saturated rings. The van der Waals surface area contributed by atoms with Crippen LogP contribution >= 0.6 is 0 Å². The zero-order valence-corrected chi connectivity index (χ0v) is 16.4. The molecule has 0 unspecified atom stereocenters.